The van der Waals surface area contributed by atoms with Gasteiger partial charge in [0.05, 0.1) is 6.61 Å². The van der Waals surface area contributed by atoms with Crippen LogP contribution in [0.3, 0.4) is 0 Å². The molecule has 2 atom stereocenters. The molecular formula is C20H25O4SWY-3. The maximum atomic E-state index is 9.10. The van der Waals surface area contributed by atoms with E-state index in [4.69, 9.17) is 18.1 Å². The van der Waals surface area contributed by atoms with Gasteiger partial charge in [0.25, 0.3) is 0 Å². The second-order valence-electron chi connectivity index (χ2n) is 6.03. The van der Waals surface area contributed by atoms with E-state index in [1.165, 1.54) is 11.1 Å². The largest absolute Gasteiger partial charge is 0.774 e. The fourth-order valence-electron chi connectivity index (χ4n) is 2.72. The molecule has 0 bridgehead atoms. The van der Waals surface area contributed by atoms with Crippen molar-refractivity contribution in [1.82, 2.24) is 0 Å². The summed E-state index contributed by atoms with van der Waals surface area (Å²) in [5.41, 5.74) is 3.74. The molecule has 2 aromatic carbocycles. The van der Waals surface area contributed by atoms with Crippen LogP contribution in [0, 0.1) is 12.3 Å². The molecule has 0 saturated heterocycles. The Balaban J connectivity index is 0. The van der Waals surface area contributed by atoms with Crippen LogP contribution in [0.1, 0.15) is 55.2 Å². The molecule has 2 rings (SSSR count). The Morgan fingerprint density at radius 1 is 1.11 bits per heavy atom. The molecule has 0 heterocycles. The van der Waals surface area contributed by atoms with E-state index >= 15 is 0 Å². The molecule has 0 spiro atoms. The van der Waals surface area contributed by atoms with Crippen molar-refractivity contribution in [2.75, 3.05) is 0 Å². The van der Waals surface area contributed by atoms with E-state index in [-0.39, 0.29) is 60.4 Å². The van der Waals surface area contributed by atoms with Crippen molar-refractivity contribution in [2.24, 2.45) is 0 Å². The zero-order chi connectivity index (χ0) is 18.9. The maximum absolute atomic E-state index is 9.10. The van der Waals surface area contributed by atoms with Gasteiger partial charge in [-0.3, -0.25) is 8.42 Å². The van der Waals surface area contributed by atoms with Gasteiger partial charge in [0, 0.05) is 53.8 Å². The van der Waals surface area contributed by atoms with E-state index in [2.05, 4.69) is 50.4 Å². The first kappa shape index (κ1) is 29.3. The molecule has 147 valence electrons. The molecule has 0 saturated carbocycles. The molecular weight excluding hydrogens is 609 g/mol. The number of hydrogen-bond acceptors (Lipinski definition) is 4. The van der Waals surface area contributed by atoms with Crippen LogP contribution in [-0.4, -0.2) is 18.1 Å². The number of benzene rings is 2. The fourth-order valence-corrected chi connectivity index (χ4v) is 2.72. The Kier molecular flexibility index (Phi) is 16.3. The SMILES string of the molecule is CCC(CC(C)c1ccc(CO)cc1)c1cc[c-]cc1.[CH2-]S(=O)(=O)[O-].[W].[Y]. The minimum atomic E-state index is -4.17. The third kappa shape index (κ3) is 13.0. The minimum absolute atomic E-state index is 0. The summed E-state index contributed by atoms with van der Waals surface area (Å²) in [6.07, 6.45) is 4.50. The van der Waals surface area contributed by atoms with Crippen molar-refractivity contribution < 1.29 is 71.9 Å². The van der Waals surface area contributed by atoms with Gasteiger partial charge in [-0.05, 0) is 39.5 Å². The number of hydrogen-bond donors (Lipinski definition) is 1. The van der Waals surface area contributed by atoms with Crippen molar-refractivity contribution in [3.05, 3.63) is 77.5 Å². The molecule has 1 N–H and O–H groups in total. The van der Waals surface area contributed by atoms with Crippen LogP contribution in [-0.2, 0) is 70.5 Å². The van der Waals surface area contributed by atoms with E-state index < -0.39 is 10.1 Å². The van der Waals surface area contributed by atoms with Crippen molar-refractivity contribution in [2.45, 2.75) is 45.1 Å². The smallest absolute Gasteiger partial charge is 0.0681 e. The Bertz CT molecular complexity index is 713. The summed E-state index contributed by atoms with van der Waals surface area (Å²) >= 11 is 0. The Morgan fingerprint density at radius 2 is 1.59 bits per heavy atom. The molecule has 27 heavy (non-hydrogen) atoms. The zero-order valence-corrected chi connectivity index (χ0v) is 22.3. The number of rotatable bonds is 6. The second-order valence-corrected chi connectivity index (χ2v) is 7.15. The molecule has 0 fully saturated rings. The third-order valence-electron chi connectivity index (χ3n) is 4.08. The minimum Gasteiger partial charge on any atom is -0.774 e. The van der Waals surface area contributed by atoms with Crippen LogP contribution >= 0.6 is 0 Å². The van der Waals surface area contributed by atoms with Crippen molar-refractivity contribution in [1.29, 1.82) is 0 Å². The predicted octanol–water partition coefficient (Wildman–Crippen LogP) is 3.98. The standard InChI is InChI=1S/C19H23O.CH3O3S.W.Y/c1-3-17(19-7-5-4-6-8-19)13-15(2)18-11-9-16(14-20)10-12-18;1-5(2,3)4;;/h5-12,15,17,20H,3,13-14H2,1-2H3;1H2,(H,2,3,4);;/q2*-1;;/p-1. The van der Waals surface area contributed by atoms with Gasteiger partial charge >= 0.3 is 0 Å². The van der Waals surface area contributed by atoms with Gasteiger partial charge in [-0.2, -0.15) is 35.9 Å². The first-order chi connectivity index (χ1) is 11.7. The first-order valence-corrected chi connectivity index (χ1v) is 9.77. The molecule has 2 unspecified atom stereocenters. The maximum Gasteiger partial charge on any atom is 0.0681 e. The average Bonchev–Trinajstić information content (AvgIpc) is 2.59. The fraction of sp³-hybridized carbons (Fsp3) is 0.350. The number of aliphatic hydroxyl groups is 1. The van der Waals surface area contributed by atoms with E-state index in [0.717, 1.165) is 18.4 Å². The van der Waals surface area contributed by atoms with Crippen molar-refractivity contribution in [3.63, 3.8) is 0 Å². The quantitative estimate of drug-likeness (QED) is 0.386. The van der Waals surface area contributed by atoms with Crippen LogP contribution in [0.25, 0.3) is 0 Å². The van der Waals surface area contributed by atoms with E-state index in [9.17, 15) is 0 Å². The van der Waals surface area contributed by atoms with Gasteiger partial charge in [-0.15, -0.1) is 0 Å². The van der Waals surface area contributed by atoms with Crippen molar-refractivity contribution >= 4 is 10.1 Å². The second kappa shape index (κ2) is 15.0. The van der Waals surface area contributed by atoms with Gasteiger partial charge in [-0.1, -0.05) is 44.5 Å². The molecule has 0 amide bonds. The van der Waals surface area contributed by atoms with Crippen LogP contribution in [0.5, 0.6) is 0 Å². The summed E-state index contributed by atoms with van der Waals surface area (Å²) in [7, 11) is -4.17. The zero-order valence-electron chi connectivity index (χ0n) is 15.7. The molecule has 2 aromatic rings. The topological polar surface area (TPSA) is 77.4 Å². The van der Waals surface area contributed by atoms with Gasteiger partial charge in [0.15, 0.2) is 0 Å². The Morgan fingerprint density at radius 3 is 2.00 bits per heavy atom. The van der Waals surface area contributed by atoms with E-state index in [0.29, 0.717) is 11.8 Å². The van der Waals surface area contributed by atoms with Gasteiger partial charge in [-0.25, -0.2) is 6.26 Å². The first-order valence-electron chi connectivity index (χ1n) is 8.19. The summed E-state index contributed by atoms with van der Waals surface area (Å²) in [6.45, 7) is 4.65. The van der Waals surface area contributed by atoms with Crippen LogP contribution in [0.4, 0.5) is 0 Å². The van der Waals surface area contributed by atoms with Crippen LogP contribution < -0.4 is 0 Å². The molecule has 0 aliphatic rings. The summed E-state index contributed by atoms with van der Waals surface area (Å²) in [4.78, 5) is 0. The average molecular weight is 634 g/mol. The van der Waals surface area contributed by atoms with Crippen LogP contribution in [0.2, 0.25) is 0 Å². The number of aliphatic hydroxyl groups excluding tert-OH is 1. The van der Waals surface area contributed by atoms with E-state index in [1.54, 1.807) is 0 Å². The third-order valence-corrected chi connectivity index (χ3v) is 4.08. The van der Waals surface area contributed by atoms with Gasteiger partial charge in [0.1, 0.15) is 0 Å². The molecule has 0 aliphatic heterocycles. The summed E-state index contributed by atoms with van der Waals surface area (Å²) in [5.74, 6) is 1.12. The van der Waals surface area contributed by atoms with Crippen LogP contribution in [0.15, 0.2) is 48.5 Å². The Hall–Kier alpha value is 0.102. The molecule has 1 radical (unpaired) electrons. The summed E-state index contributed by atoms with van der Waals surface area (Å²) in [5, 5.41) is 9.10. The van der Waals surface area contributed by atoms with Crippen molar-refractivity contribution in [3.8, 4) is 0 Å². The van der Waals surface area contributed by atoms with Gasteiger partial charge in [0.2, 0.25) is 0 Å². The monoisotopic (exact) mass is 634 g/mol. The van der Waals surface area contributed by atoms with Gasteiger partial charge < -0.3 is 9.66 Å². The van der Waals surface area contributed by atoms with E-state index in [1.807, 2.05) is 24.3 Å². The predicted molar refractivity (Wildman–Crippen MR) is 98.8 cm³/mol. The molecule has 4 nitrogen and oxygen atoms in total. The molecule has 7 heteroatoms. The summed E-state index contributed by atoms with van der Waals surface area (Å²) < 4.78 is 26.9. The normalized spacial score (nSPS) is 12.5. The molecule has 0 aliphatic carbocycles. The summed E-state index contributed by atoms with van der Waals surface area (Å²) in [6, 6.07) is 19.8. The molecule has 0 aromatic heterocycles. The Labute approximate surface area is 203 Å².